The van der Waals surface area contributed by atoms with Crippen LogP contribution in [0.5, 0.6) is 5.75 Å². The van der Waals surface area contributed by atoms with E-state index >= 15 is 0 Å². The number of nitrogens with one attached hydrogen (secondary N) is 2. The fourth-order valence-corrected chi connectivity index (χ4v) is 3.45. The molecule has 4 aromatic rings. The summed E-state index contributed by atoms with van der Waals surface area (Å²) in [5.41, 5.74) is 5.69. The van der Waals surface area contributed by atoms with Crippen molar-refractivity contribution in [1.82, 2.24) is 5.43 Å². The van der Waals surface area contributed by atoms with E-state index in [1.807, 2.05) is 60.7 Å². The van der Waals surface area contributed by atoms with Crippen molar-refractivity contribution < 1.29 is 19.1 Å². The zero-order valence-electron chi connectivity index (χ0n) is 20.4. The molecule has 38 heavy (non-hydrogen) atoms. The molecule has 0 fully saturated rings. The van der Waals surface area contributed by atoms with Gasteiger partial charge in [0.1, 0.15) is 5.75 Å². The van der Waals surface area contributed by atoms with E-state index in [1.165, 1.54) is 12.3 Å². The van der Waals surface area contributed by atoms with Crippen LogP contribution in [-0.2, 0) is 16.0 Å². The number of rotatable bonds is 9. The molecule has 0 aromatic heterocycles. The molecule has 0 spiro atoms. The molecule has 4 rings (SSSR count). The van der Waals surface area contributed by atoms with Gasteiger partial charge in [0.15, 0.2) is 0 Å². The number of esters is 1. The second kappa shape index (κ2) is 13.1. The summed E-state index contributed by atoms with van der Waals surface area (Å²) in [5, 5.41) is 6.75. The number of hydrogen-bond acceptors (Lipinski definition) is 5. The summed E-state index contributed by atoms with van der Waals surface area (Å²) >= 11 is 0. The van der Waals surface area contributed by atoms with E-state index in [4.69, 9.17) is 4.74 Å². The predicted molar refractivity (Wildman–Crippen MR) is 148 cm³/mol. The third-order valence-electron chi connectivity index (χ3n) is 5.35. The number of para-hydroxylation sites is 1. The summed E-state index contributed by atoms with van der Waals surface area (Å²) in [7, 11) is 0. The Kier molecular flexibility index (Phi) is 8.91. The first-order valence-electron chi connectivity index (χ1n) is 11.9. The lowest BCUT2D eigenvalue weighted by Crippen LogP contribution is -2.18. The second-order valence-corrected chi connectivity index (χ2v) is 8.18. The van der Waals surface area contributed by atoms with E-state index in [-0.39, 0.29) is 12.3 Å². The molecular weight excluding hydrogens is 478 g/mol. The van der Waals surface area contributed by atoms with Crippen LogP contribution in [0.25, 0.3) is 6.08 Å². The molecule has 0 atom stereocenters. The number of anilines is 1. The molecule has 0 heterocycles. The molecule has 2 amide bonds. The lowest BCUT2D eigenvalue weighted by Gasteiger charge is -2.07. The van der Waals surface area contributed by atoms with Crippen LogP contribution in [0.2, 0.25) is 0 Å². The maximum absolute atomic E-state index is 12.5. The van der Waals surface area contributed by atoms with Crippen LogP contribution >= 0.6 is 0 Å². The summed E-state index contributed by atoms with van der Waals surface area (Å²) in [4.78, 5) is 37.0. The molecule has 0 bridgehead atoms. The first-order valence-corrected chi connectivity index (χ1v) is 11.9. The Morgan fingerprint density at radius 3 is 2.16 bits per heavy atom. The standard InChI is InChI=1S/C31H25N3O4/c35-29(20-15-23-9-3-1-4-10-23)33-27-18-16-25(17-19-27)31(37)34-32-22-26-13-7-8-14-28(26)38-30(36)21-24-11-5-2-6-12-24/h1-20,22H,21H2,(H,33,35)(H,34,37)/b20-15+,32-22-. The molecular formula is C31H25N3O4. The van der Waals surface area contributed by atoms with E-state index in [2.05, 4.69) is 15.8 Å². The summed E-state index contributed by atoms with van der Waals surface area (Å²) in [6, 6.07) is 32.2. The van der Waals surface area contributed by atoms with Crippen molar-refractivity contribution in [2.45, 2.75) is 6.42 Å². The molecule has 0 aliphatic carbocycles. The smallest absolute Gasteiger partial charge is 0.315 e. The number of amides is 2. The van der Waals surface area contributed by atoms with Crippen molar-refractivity contribution in [3.63, 3.8) is 0 Å². The molecule has 4 aromatic carbocycles. The average Bonchev–Trinajstić information content (AvgIpc) is 2.94. The maximum atomic E-state index is 12.5. The normalized spacial score (nSPS) is 10.8. The number of nitrogens with zero attached hydrogens (tertiary/aromatic N) is 1. The van der Waals surface area contributed by atoms with Crippen molar-refractivity contribution in [2.24, 2.45) is 5.10 Å². The lowest BCUT2D eigenvalue weighted by atomic mass is 10.1. The summed E-state index contributed by atoms with van der Waals surface area (Å²) in [6.45, 7) is 0. The Morgan fingerprint density at radius 2 is 1.42 bits per heavy atom. The van der Waals surface area contributed by atoms with Crippen LogP contribution in [0, 0.1) is 0 Å². The van der Waals surface area contributed by atoms with Crippen molar-refractivity contribution in [1.29, 1.82) is 0 Å². The maximum Gasteiger partial charge on any atom is 0.315 e. The highest BCUT2D eigenvalue weighted by Gasteiger charge is 2.10. The Labute approximate surface area is 220 Å². The monoisotopic (exact) mass is 503 g/mol. The molecule has 0 aliphatic heterocycles. The molecule has 2 N–H and O–H groups in total. The molecule has 0 saturated heterocycles. The topological polar surface area (TPSA) is 96.9 Å². The van der Waals surface area contributed by atoms with E-state index in [0.717, 1.165) is 11.1 Å². The van der Waals surface area contributed by atoms with Crippen LogP contribution in [-0.4, -0.2) is 24.0 Å². The molecule has 7 nitrogen and oxygen atoms in total. The average molecular weight is 504 g/mol. The number of ether oxygens (including phenoxy) is 1. The first-order chi connectivity index (χ1) is 18.6. The Morgan fingerprint density at radius 1 is 0.763 bits per heavy atom. The van der Waals surface area contributed by atoms with Gasteiger partial charge in [0.05, 0.1) is 12.6 Å². The first kappa shape index (κ1) is 25.8. The summed E-state index contributed by atoms with van der Waals surface area (Å²) < 4.78 is 5.50. The van der Waals surface area contributed by atoms with Gasteiger partial charge in [0.25, 0.3) is 5.91 Å². The Hall–Kier alpha value is -5.30. The van der Waals surface area contributed by atoms with Gasteiger partial charge in [-0.1, -0.05) is 72.8 Å². The van der Waals surface area contributed by atoms with Crippen molar-refractivity contribution in [3.8, 4) is 5.75 Å². The van der Waals surface area contributed by atoms with Crippen molar-refractivity contribution in [3.05, 3.63) is 138 Å². The summed E-state index contributed by atoms with van der Waals surface area (Å²) in [6.07, 6.45) is 4.72. The van der Waals surface area contributed by atoms with E-state index < -0.39 is 11.9 Å². The third-order valence-corrected chi connectivity index (χ3v) is 5.35. The summed E-state index contributed by atoms with van der Waals surface area (Å²) in [5.74, 6) is -0.767. The fraction of sp³-hybridized carbons (Fsp3) is 0.0323. The van der Waals surface area contributed by atoms with Gasteiger partial charge in [-0.25, -0.2) is 5.43 Å². The number of hydrogen-bond donors (Lipinski definition) is 2. The quantitative estimate of drug-likeness (QED) is 0.107. The van der Waals surface area contributed by atoms with Crippen molar-refractivity contribution in [2.75, 3.05) is 5.32 Å². The SMILES string of the molecule is O=C(/C=C/c1ccccc1)Nc1ccc(C(=O)N/N=C\c2ccccc2OC(=O)Cc2ccccc2)cc1. The van der Waals surface area contributed by atoms with Gasteiger partial charge in [-0.3, -0.25) is 14.4 Å². The minimum Gasteiger partial charge on any atom is -0.426 e. The molecule has 188 valence electrons. The zero-order valence-corrected chi connectivity index (χ0v) is 20.4. The second-order valence-electron chi connectivity index (χ2n) is 8.18. The zero-order chi connectivity index (χ0) is 26.6. The van der Waals surface area contributed by atoms with E-state index in [9.17, 15) is 14.4 Å². The van der Waals surface area contributed by atoms with Gasteiger partial charge in [-0.2, -0.15) is 5.10 Å². The largest absolute Gasteiger partial charge is 0.426 e. The lowest BCUT2D eigenvalue weighted by molar-refractivity contribution is -0.133. The highest BCUT2D eigenvalue weighted by Crippen LogP contribution is 2.17. The van der Waals surface area contributed by atoms with Gasteiger partial charge in [0.2, 0.25) is 5.91 Å². The number of carbonyl (C=O) groups is 3. The van der Waals surface area contributed by atoms with Gasteiger partial charge in [-0.05, 0) is 53.6 Å². The number of benzene rings is 4. The van der Waals surface area contributed by atoms with Gasteiger partial charge in [-0.15, -0.1) is 0 Å². The number of carbonyl (C=O) groups excluding carboxylic acids is 3. The minimum atomic E-state index is -0.429. The molecule has 0 aliphatic rings. The molecule has 0 unspecified atom stereocenters. The highest BCUT2D eigenvalue weighted by molar-refractivity contribution is 6.02. The minimum absolute atomic E-state index is 0.142. The van der Waals surface area contributed by atoms with Crippen LogP contribution in [0.1, 0.15) is 27.0 Å². The van der Waals surface area contributed by atoms with Crippen LogP contribution in [0.4, 0.5) is 5.69 Å². The van der Waals surface area contributed by atoms with Crippen molar-refractivity contribution >= 4 is 35.8 Å². The Balaban J connectivity index is 1.30. The molecule has 0 saturated carbocycles. The van der Waals surface area contributed by atoms with Crippen LogP contribution in [0.15, 0.2) is 120 Å². The van der Waals surface area contributed by atoms with E-state index in [0.29, 0.717) is 22.6 Å². The van der Waals surface area contributed by atoms with Crippen LogP contribution < -0.4 is 15.5 Å². The van der Waals surface area contributed by atoms with Crippen LogP contribution in [0.3, 0.4) is 0 Å². The third kappa shape index (κ3) is 7.86. The molecule has 7 heteroatoms. The predicted octanol–water partition coefficient (Wildman–Crippen LogP) is 5.25. The molecule has 0 radical (unpaired) electrons. The fourth-order valence-electron chi connectivity index (χ4n) is 3.45. The Bertz CT molecular complexity index is 1450. The van der Waals surface area contributed by atoms with Gasteiger partial charge in [0, 0.05) is 22.9 Å². The van der Waals surface area contributed by atoms with Gasteiger partial charge < -0.3 is 10.1 Å². The van der Waals surface area contributed by atoms with Gasteiger partial charge >= 0.3 is 5.97 Å². The van der Waals surface area contributed by atoms with E-state index in [1.54, 1.807) is 54.6 Å². The number of hydrazone groups is 1. The highest BCUT2D eigenvalue weighted by atomic mass is 16.5.